The van der Waals surface area contributed by atoms with Crippen LogP contribution in [0.4, 0.5) is 0 Å². The SMILES string of the molecule is CN1CCN(C(=O)C[C@@H]2CC[C@H]3[C@@H](COC[C@@H](O)CN3Cc3ccc(Oc4ccccc4)cc3)O2)CC1. The summed E-state index contributed by atoms with van der Waals surface area (Å²) in [5, 5.41) is 10.5. The lowest BCUT2D eigenvalue weighted by Crippen LogP contribution is -2.55. The van der Waals surface area contributed by atoms with Gasteiger partial charge in [0.1, 0.15) is 11.5 Å². The molecule has 3 aliphatic heterocycles. The van der Waals surface area contributed by atoms with Crippen LogP contribution < -0.4 is 4.74 Å². The fraction of sp³-hybridized carbons (Fsp3) is 0.552. The van der Waals surface area contributed by atoms with Crippen LogP contribution in [0.3, 0.4) is 0 Å². The largest absolute Gasteiger partial charge is 0.457 e. The van der Waals surface area contributed by atoms with Crippen LogP contribution in [-0.2, 0) is 20.8 Å². The minimum Gasteiger partial charge on any atom is -0.457 e. The van der Waals surface area contributed by atoms with Gasteiger partial charge in [-0.15, -0.1) is 0 Å². The van der Waals surface area contributed by atoms with E-state index in [1.165, 1.54) is 0 Å². The Morgan fingerprint density at radius 3 is 2.46 bits per heavy atom. The number of likely N-dealkylation sites (N-methyl/N-ethyl adjacent to an activating group) is 1. The number of para-hydroxylation sites is 1. The van der Waals surface area contributed by atoms with Gasteiger partial charge in [0.2, 0.25) is 5.91 Å². The summed E-state index contributed by atoms with van der Waals surface area (Å²) >= 11 is 0. The number of amides is 1. The van der Waals surface area contributed by atoms with Crippen molar-refractivity contribution in [2.24, 2.45) is 0 Å². The van der Waals surface area contributed by atoms with Crippen LogP contribution in [0.15, 0.2) is 54.6 Å². The number of hydrogen-bond donors (Lipinski definition) is 1. The van der Waals surface area contributed by atoms with Gasteiger partial charge in [-0.1, -0.05) is 30.3 Å². The lowest BCUT2D eigenvalue weighted by atomic mass is 9.94. The molecule has 3 saturated heterocycles. The number of benzene rings is 2. The van der Waals surface area contributed by atoms with E-state index < -0.39 is 6.10 Å². The summed E-state index contributed by atoms with van der Waals surface area (Å²) in [5.74, 6) is 1.79. The van der Waals surface area contributed by atoms with Crippen LogP contribution >= 0.6 is 0 Å². The van der Waals surface area contributed by atoms with Gasteiger partial charge in [-0.25, -0.2) is 0 Å². The van der Waals surface area contributed by atoms with Gasteiger partial charge in [-0.2, -0.15) is 0 Å². The number of β-amino-alcohol motifs (C(OH)–C–C–N with tert-alkyl or cyclic N) is 1. The van der Waals surface area contributed by atoms with Gasteiger partial charge in [0.25, 0.3) is 0 Å². The van der Waals surface area contributed by atoms with Crippen LogP contribution in [0, 0.1) is 0 Å². The zero-order chi connectivity index (χ0) is 25.6. The summed E-state index contributed by atoms with van der Waals surface area (Å²) in [6.07, 6.45) is 1.43. The highest BCUT2D eigenvalue weighted by atomic mass is 16.5. The first kappa shape index (κ1) is 26.1. The number of hydrogen-bond acceptors (Lipinski definition) is 7. The fourth-order valence-electron chi connectivity index (χ4n) is 5.53. The molecule has 0 radical (unpaired) electrons. The Morgan fingerprint density at radius 1 is 0.973 bits per heavy atom. The summed E-state index contributed by atoms with van der Waals surface area (Å²) in [4.78, 5) is 19.4. The highest BCUT2D eigenvalue weighted by Gasteiger charge is 2.38. The maximum Gasteiger partial charge on any atom is 0.225 e. The molecular formula is C29H39N3O5. The van der Waals surface area contributed by atoms with Crippen molar-refractivity contribution in [2.45, 2.75) is 50.2 Å². The van der Waals surface area contributed by atoms with Gasteiger partial charge in [0.15, 0.2) is 0 Å². The average Bonchev–Trinajstić information content (AvgIpc) is 2.90. The number of piperazine rings is 1. The van der Waals surface area contributed by atoms with Gasteiger partial charge < -0.3 is 29.1 Å². The van der Waals surface area contributed by atoms with E-state index in [2.05, 4.69) is 29.0 Å². The molecule has 0 aliphatic carbocycles. The zero-order valence-electron chi connectivity index (χ0n) is 21.7. The normalized spacial score (nSPS) is 27.7. The van der Waals surface area contributed by atoms with Crippen molar-refractivity contribution >= 4 is 5.91 Å². The van der Waals surface area contributed by atoms with Crippen LogP contribution in [0.25, 0.3) is 0 Å². The Bertz CT molecular complexity index is 996. The number of aliphatic hydroxyl groups is 1. The van der Waals surface area contributed by atoms with E-state index in [9.17, 15) is 9.90 Å². The Balaban J connectivity index is 1.20. The topological polar surface area (TPSA) is 74.7 Å². The number of fused-ring (bicyclic) bond motifs is 1. The predicted octanol–water partition coefficient (Wildman–Crippen LogP) is 2.75. The molecule has 3 heterocycles. The number of carbonyl (C=O) groups excluding carboxylic acids is 1. The average molecular weight is 510 g/mol. The second kappa shape index (κ2) is 12.4. The van der Waals surface area contributed by atoms with E-state index in [0.29, 0.717) is 26.1 Å². The van der Waals surface area contributed by atoms with Crippen LogP contribution in [0.1, 0.15) is 24.8 Å². The minimum atomic E-state index is -0.543. The van der Waals surface area contributed by atoms with Crippen molar-refractivity contribution in [3.05, 3.63) is 60.2 Å². The first-order chi connectivity index (χ1) is 18.0. The van der Waals surface area contributed by atoms with Crippen LogP contribution in [0.2, 0.25) is 0 Å². The molecule has 5 rings (SSSR count). The number of rotatable bonds is 6. The van der Waals surface area contributed by atoms with Crippen molar-refractivity contribution in [3.8, 4) is 11.5 Å². The van der Waals surface area contributed by atoms with Gasteiger partial charge in [0.05, 0.1) is 37.9 Å². The highest BCUT2D eigenvalue weighted by Crippen LogP contribution is 2.30. The van der Waals surface area contributed by atoms with Gasteiger partial charge in [-0.3, -0.25) is 9.69 Å². The number of aliphatic hydroxyl groups excluding tert-OH is 1. The molecule has 4 atom stereocenters. The maximum atomic E-state index is 12.9. The van der Waals surface area contributed by atoms with Crippen molar-refractivity contribution in [3.63, 3.8) is 0 Å². The van der Waals surface area contributed by atoms with E-state index in [4.69, 9.17) is 14.2 Å². The smallest absolute Gasteiger partial charge is 0.225 e. The Kier molecular flexibility index (Phi) is 8.74. The van der Waals surface area contributed by atoms with E-state index in [0.717, 1.165) is 56.1 Å². The number of nitrogens with zero attached hydrogens (tertiary/aromatic N) is 3. The zero-order valence-corrected chi connectivity index (χ0v) is 21.7. The summed E-state index contributed by atoms with van der Waals surface area (Å²) in [5.41, 5.74) is 1.15. The number of ether oxygens (including phenoxy) is 3. The minimum absolute atomic E-state index is 0.0855. The van der Waals surface area contributed by atoms with Gasteiger partial charge in [-0.05, 0) is 49.7 Å². The molecule has 0 saturated carbocycles. The molecular weight excluding hydrogens is 470 g/mol. The molecule has 3 aliphatic rings. The van der Waals surface area contributed by atoms with E-state index in [1.807, 2.05) is 47.4 Å². The molecule has 8 nitrogen and oxygen atoms in total. The molecule has 0 bridgehead atoms. The maximum absolute atomic E-state index is 12.9. The van der Waals surface area contributed by atoms with Crippen molar-refractivity contribution in [1.29, 1.82) is 0 Å². The second-order valence-electron chi connectivity index (χ2n) is 10.5. The predicted molar refractivity (Wildman–Crippen MR) is 141 cm³/mol. The summed E-state index contributed by atoms with van der Waals surface area (Å²) in [6, 6.07) is 18.0. The van der Waals surface area contributed by atoms with E-state index in [1.54, 1.807) is 0 Å². The van der Waals surface area contributed by atoms with Crippen molar-refractivity contribution < 1.29 is 24.1 Å². The monoisotopic (exact) mass is 509 g/mol. The third kappa shape index (κ3) is 7.09. The molecule has 0 spiro atoms. The highest BCUT2D eigenvalue weighted by molar-refractivity contribution is 5.76. The second-order valence-corrected chi connectivity index (χ2v) is 10.5. The molecule has 1 N–H and O–H groups in total. The Morgan fingerprint density at radius 2 is 1.70 bits per heavy atom. The van der Waals surface area contributed by atoms with Gasteiger partial charge >= 0.3 is 0 Å². The first-order valence-electron chi connectivity index (χ1n) is 13.5. The molecule has 0 unspecified atom stereocenters. The third-order valence-electron chi connectivity index (χ3n) is 7.63. The molecule has 200 valence electrons. The lowest BCUT2D eigenvalue weighted by molar-refractivity contribution is -0.161. The van der Waals surface area contributed by atoms with Crippen molar-refractivity contribution in [2.75, 3.05) is 53.0 Å². The molecule has 37 heavy (non-hydrogen) atoms. The molecule has 3 fully saturated rings. The van der Waals surface area contributed by atoms with Crippen LogP contribution in [0.5, 0.6) is 11.5 Å². The molecule has 1 amide bonds. The third-order valence-corrected chi connectivity index (χ3v) is 7.63. The molecule has 2 aromatic carbocycles. The summed E-state index contributed by atoms with van der Waals surface area (Å²) in [6.45, 7) is 5.38. The fourth-order valence-corrected chi connectivity index (χ4v) is 5.53. The van der Waals surface area contributed by atoms with Crippen molar-refractivity contribution in [1.82, 2.24) is 14.7 Å². The molecule has 2 aromatic rings. The Labute approximate surface area is 219 Å². The summed E-state index contributed by atoms with van der Waals surface area (Å²) < 4.78 is 18.2. The standard InChI is InChI=1S/C29H39N3O5/c1-30-13-15-31(16-14-30)29(34)17-26-11-12-27-28(37-26)21-35-20-23(33)19-32(27)18-22-7-9-25(10-8-22)36-24-5-3-2-4-6-24/h2-10,23,26-28,33H,11-21H2,1H3/t23-,26-,27-,28+/m0/s1. The van der Waals surface area contributed by atoms with E-state index in [-0.39, 0.29) is 30.8 Å². The van der Waals surface area contributed by atoms with Gasteiger partial charge in [0, 0.05) is 45.3 Å². The molecule has 0 aromatic heterocycles. The lowest BCUT2D eigenvalue weighted by Gasteiger charge is -2.45. The number of carbonyl (C=O) groups is 1. The van der Waals surface area contributed by atoms with E-state index >= 15 is 0 Å². The Hall–Kier alpha value is -2.49. The molecule has 8 heteroatoms. The van der Waals surface area contributed by atoms with Crippen LogP contribution in [-0.4, -0.2) is 103 Å². The first-order valence-corrected chi connectivity index (χ1v) is 13.5. The summed E-state index contributed by atoms with van der Waals surface area (Å²) in [7, 11) is 2.09. The quantitative estimate of drug-likeness (QED) is 0.642.